The fourth-order valence-electron chi connectivity index (χ4n) is 1.74. The Morgan fingerprint density at radius 2 is 1.76 bits per heavy atom. The molecule has 2 nitrogen and oxygen atoms in total. The second kappa shape index (κ2) is 5.87. The first kappa shape index (κ1) is 14.5. The molecule has 0 radical (unpaired) electrons. The second-order valence-corrected chi connectivity index (χ2v) is 5.84. The second-order valence-electron chi connectivity index (χ2n) is 4.98. The lowest BCUT2D eigenvalue weighted by Gasteiger charge is -2.31. The Kier molecular flexibility index (Phi) is 5.02. The van der Waals surface area contributed by atoms with Crippen LogP contribution in [0.25, 0.3) is 0 Å². The van der Waals surface area contributed by atoms with Gasteiger partial charge in [0.15, 0.2) is 0 Å². The maximum absolute atomic E-state index is 9.54. The van der Waals surface area contributed by atoms with E-state index in [1.165, 1.54) is 0 Å². The highest BCUT2D eigenvalue weighted by Gasteiger charge is 2.16. The molecule has 1 unspecified atom stereocenters. The zero-order chi connectivity index (χ0) is 13.2. The number of benzene rings is 1. The number of aliphatic hydroxyl groups is 1. The SMILES string of the molecule is CC(C)C(C)N(C)c1ccc([C@@H](C)O)cc1Br. The Balaban J connectivity index is 2.99. The van der Waals surface area contributed by atoms with Crippen molar-refractivity contribution in [3.8, 4) is 0 Å². The van der Waals surface area contributed by atoms with Gasteiger partial charge in [-0.1, -0.05) is 19.9 Å². The number of halogens is 1. The van der Waals surface area contributed by atoms with Crippen molar-refractivity contribution in [2.24, 2.45) is 5.92 Å². The highest BCUT2D eigenvalue weighted by Crippen LogP contribution is 2.30. The highest BCUT2D eigenvalue weighted by atomic mass is 79.9. The first-order chi connectivity index (χ1) is 7.84. The molecular formula is C14H22BrNO. The fraction of sp³-hybridized carbons (Fsp3) is 0.571. The van der Waals surface area contributed by atoms with E-state index < -0.39 is 6.10 Å². The largest absolute Gasteiger partial charge is 0.389 e. The van der Waals surface area contributed by atoms with E-state index in [4.69, 9.17) is 0 Å². The zero-order valence-electron chi connectivity index (χ0n) is 11.2. The van der Waals surface area contributed by atoms with Crippen molar-refractivity contribution >= 4 is 21.6 Å². The van der Waals surface area contributed by atoms with Gasteiger partial charge in [-0.2, -0.15) is 0 Å². The molecule has 3 heteroatoms. The molecule has 1 rings (SSSR count). The molecule has 17 heavy (non-hydrogen) atoms. The van der Waals surface area contributed by atoms with Crippen LogP contribution in [-0.2, 0) is 0 Å². The molecule has 0 spiro atoms. The number of hydrogen-bond donors (Lipinski definition) is 1. The average Bonchev–Trinajstić information content (AvgIpc) is 2.26. The standard InChI is InChI=1S/C14H22BrNO/c1-9(2)10(3)16(5)14-7-6-12(11(4)17)8-13(14)15/h6-11,17H,1-5H3/t10?,11-/m1/s1. The summed E-state index contributed by atoms with van der Waals surface area (Å²) >= 11 is 3.58. The summed E-state index contributed by atoms with van der Waals surface area (Å²) in [7, 11) is 2.10. The average molecular weight is 300 g/mol. The van der Waals surface area contributed by atoms with Crippen molar-refractivity contribution < 1.29 is 5.11 Å². The molecule has 0 saturated heterocycles. The summed E-state index contributed by atoms with van der Waals surface area (Å²) in [5.74, 6) is 0.600. The molecule has 0 amide bonds. The van der Waals surface area contributed by atoms with Crippen LogP contribution in [0.3, 0.4) is 0 Å². The van der Waals surface area contributed by atoms with Crippen LogP contribution in [-0.4, -0.2) is 18.2 Å². The molecule has 1 aromatic carbocycles. The van der Waals surface area contributed by atoms with Gasteiger partial charge in [0.05, 0.1) is 11.8 Å². The highest BCUT2D eigenvalue weighted by molar-refractivity contribution is 9.10. The minimum atomic E-state index is -0.423. The molecule has 0 aliphatic carbocycles. The van der Waals surface area contributed by atoms with E-state index in [2.05, 4.69) is 54.7 Å². The lowest BCUT2D eigenvalue weighted by molar-refractivity contribution is 0.199. The van der Waals surface area contributed by atoms with Crippen molar-refractivity contribution in [1.82, 2.24) is 0 Å². The summed E-state index contributed by atoms with van der Waals surface area (Å²) in [6.07, 6.45) is -0.423. The summed E-state index contributed by atoms with van der Waals surface area (Å²) in [6.45, 7) is 8.44. The maximum Gasteiger partial charge on any atom is 0.0762 e. The summed E-state index contributed by atoms with van der Waals surface area (Å²) in [5, 5.41) is 9.54. The van der Waals surface area contributed by atoms with Gasteiger partial charge in [0, 0.05) is 17.6 Å². The van der Waals surface area contributed by atoms with Crippen LogP contribution in [0.4, 0.5) is 5.69 Å². The van der Waals surface area contributed by atoms with Gasteiger partial charge in [-0.3, -0.25) is 0 Å². The van der Waals surface area contributed by atoms with Gasteiger partial charge < -0.3 is 10.0 Å². The van der Waals surface area contributed by atoms with Crippen LogP contribution < -0.4 is 4.90 Å². The third-order valence-electron chi connectivity index (χ3n) is 3.41. The Morgan fingerprint density at radius 1 is 1.18 bits per heavy atom. The third-order valence-corrected chi connectivity index (χ3v) is 4.05. The van der Waals surface area contributed by atoms with Crippen molar-refractivity contribution in [2.45, 2.75) is 39.8 Å². The lowest BCUT2D eigenvalue weighted by atomic mass is 10.0. The summed E-state index contributed by atoms with van der Waals surface area (Å²) in [4.78, 5) is 2.26. The van der Waals surface area contributed by atoms with Gasteiger partial charge in [0.1, 0.15) is 0 Å². The Hall–Kier alpha value is -0.540. The van der Waals surface area contributed by atoms with Gasteiger partial charge in [0.25, 0.3) is 0 Å². The van der Waals surface area contributed by atoms with E-state index in [1.807, 2.05) is 12.1 Å². The number of anilines is 1. The molecule has 1 aromatic rings. The van der Waals surface area contributed by atoms with Gasteiger partial charge in [-0.25, -0.2) is 0 Å². The Labute approximate surface area is 113 Å². The number of rotatable bonds is 4. The fourth-order valence-corrected chi connectivity index (χ4v) is 2.41. The molecule has 0 aliphatic rings. The van der Waals surface area contributed by atoms with Crippen molar-refractivity contribution in [3.05, 3.63) is 28.2 Å². The van der Waals surface area contributed by atoms with Crippen molar-refractivity contribution in [3.63, 3.8) is 0 Å². The maximum atomic E-state index is 9.54. The van der Waals surface area contributed by atoms with Crippen LogP contribution in [0.1, 0.15) is 39.4 Å². The zero-order valence-corrected chi connectivity index (χ0v) is 12.8. The van der Waals surface area contributed by atoms with E-state index in [0.717, 1.165) is 15.7 Å². The first-order valence-electron chi connectivity index (χ1n) is 6.05. The van der Waals surface area contributed by atoms with Crippen LogP contribution in [0, 0.1) is 5.92 Å². The Morgan fingerprint density at radius 3 is 2.18 bits per heavy atom. The van der Waals surface area contributed by atoms with Crippen LogP contribution >= 0.6 is 15.9 Å². The monoisotopic (exact) mass is 299 g/mol. The predicted molar refractivity (Wildman–Crippen MR) is 77.5 cm³/mol. The molecule has 0 aromatic heterocycles. The van der Waals surface area contributed by atoms with Crippen LogP contribution in [0.5, 0.6) is 0 Å². The summed E-state index contributed by atoms with van der Waals surface area (Å²) < 4.78 is 1.03. The van der Waals surface area contributed by atoms with Gasteiger partial charge >= 0.3 is 0 Å². The molecular weight excluding hydrogens is 278 g/mol. The minimum absolute atomic E-state index is 0.423. The van der Waals surface area contributed by atoms with E-state index in [9.17, 15) is 5.11 Å². The molecule has 0 aliphatic heterocycles. The lowest BCUT2D eigenvalue weighted by Crippen LogP contribution is -2.33. The van der Waals surface area contributed by atoms with Crippen LogP contribution in [0.2, 0.25) is 0 Å². The van der Waals surface area contributed by atoms with Crippen molar-refractivity contribution in [2.75, 3.05) is 11.9 Å². The van der Waals surface area contributed by atoms with Crippen molar-refractivity contribution in [1.29, 1.82) is 0 Å². The van der Waals surface area contributed by atoms with Gasteiger partial charge in [0.2, 0.25) is 0 Å². The van der Waals surface area contributed by atoms with Gasteiger partial charge in [-0.05, 0) is 53.4 Å². The minimum Gasteiger partial charge on any atom is -0.389 e. The smallest absolute Gasteiger partial charge is 0.0762 e. The first-order valence-corrected chi connectivity index (χ1v) is 6.84. The summed E-state index contributed by atoms with van der Waals surface area (Å²) in [6, 6.07) is 6.51. The molecule has 1 N–H and O–H groups in total. The van der Waals surface area contributed by atoms with E-state index in [0.29, 0.717) is 12.0 Å². The quantitative estimate of drug-likeness (QED) is 0.909. The van der Waals surface area contributed by atoms with Crippen LogP contribution in [0.15, 0.2) is 22.7 Å². The van der Waals surface area contributed by atoms with E-state index in [-0.39, 0.29) is 0 Å². The summed E-state index contributed by atoms with van der Waals surface area (Å²) in [5.41, 5.74) is 2.10. The van der Waals surface area contributed by atoms with E-state index in [1.54, 1.807) is 6.92 Å². The number of hydrogen-bond acceptors (Lipinski definition) is 2. The Bertz CT molecular complexity index is 376. The van der Waals surface area contributed by atoms with E-state index >= 15 is 0 Å². The number of nitrogens with zero attached hydrogens (tertiary/aromatic N) is 1. The third kappa shape index (κ3) is 3.46. The topological polar surface area (TPSA) is 23.5 Å². The predicted octanol–water partition coefficient (Wildman–Crippen LogP) is 3.98. The molecule has 0 bridgehead atoms. The number of aliphatic hydroxyl groups excluding tert-OH is 1. The molecule has 0 saturated carbocycles. The molecule has 96 valence electrons. The molecule has 2 atom stereocenters. The van der Waals surface area contributed by atoms with Gasteiger partial charge in [-0.15, -0.1) is 0 Å². The molecule has 0 heterocycles. The normalized spacial score (nSPS) is 14.8. The molecule has 0 fully saturated rings.